The highest BCUT2D eigenvalue weighted by atomic mass is 16.5. The molecule has 1 heterocycles. The summed E-state index contributed by atoms with van der Waals surface area (Å²) in [5.74, 6) is 1.33. The molecule has 0 saturated heterocycles. The minimum atomic E-state index is -0.441. The second kappa shape index (κ2) is 8.84. The average Bonchev–Trinajstić information content (AvgIpc) is 2.80. The molecule has 6 heteroatoms. The van der Waals surface area contributed by atoms with Gasteiger partial charge in [0.1, 0.15) is 11.3 Å². The molecule has 162 valence electrons. The van der Waals surface area contributed by atoms with E-state index in [4.69, 9.17) is 18.6 Å². The molecule has 1 saturated carbocycles. The van der Waals surface area contributed by atoms with Gasteiger partial charge in [-0.2, -0.15) is 0 Å². The van der Waals surface area contributed by atoms with Crippen molar-refractivity contribution in [2.75, 3.05) is 14.2 Å². The number of hydrogen-bond acceptors (Lipinski definition) is 6. The van der Waals surface area contributed by atoms with Crippen LogP contribution in [0.4, 0.5) is 0 Å². The molecule has 0 aliphatic heterocycles. The van der Waals surface area contributed by atoms with Gasteiger partial charge < -0.3 is 18.6 Å². The van der Waals surface area contributed by atoms with Gasteiger partial charge in [-0.25, -0.2) is 4.79 Å². The fourth-order valence-corrected chi connectivity index (χ4v) is 4.26. The molecule has 3 aromatic rings. The highest BCUT2D eigenvalue weighted by molar-refractivity contribution is 5.88. The maximum absolute atomic E-state index is 12.8. The molecule has 0 N–H and O–H groups in total. The quantitative estimate of drug-likeness (QED) is 0.317. The lowest BCUT2D eigenvalue weighted by molar-refractivity contribution is -0.139. The minimum Gasteiger partial charge on any atom is -0.493 e. The lowest BCUT2D eigenvalue weighted by atomic mass is 9.89. The van der Waals surface area contributed by atoms with Crippen LogP contribution in [0, 0.1) is 12.8 Å². The Morgan fingerprint density at radius 1 is 0.968 bits per heavy atom. The summed E-state index contributed by atoms with van der Waals surface area (Å²) in [7, 11) is 3.10. The molecule has 4 rings (SSSR count). The van der Waals surface area contributed by atoms with E-state index in [2.05, 4.69) is 0 Å². The topological polar surface area (TPSA) is 75.0 Å². The number of esters is 1. The first kappa shape index (κ1) is 21.0. The van der Waals surface area contributed by atoms with E-state index in [0.29, 0.717) is 34.0 Å². The largest absolute Gasteiger partial charge is 0.493 e. The molecule has 0 spiro atoms. The van der Waals surface area contributed by atoms with E-state index in [1.54, 1.807) is 50.6 Å². The maximum atomic E-state index is 12.8. The maximum Gasteiger partial charge on any atom is 0.344 e. The van der Waals surface area contributed by atoms with Gasteiger partial charge in [-0.05, 0) is 61.2 Å². The predicted octanol–water partition coefficient (Wildman–Crippen LogP) is 5.27. The Labute approximate surface area is 180 Å². The summed E-state index contributed by atoms with van der Waals surface area (Å²) in [4.78, 5) is 25.3. The Morgan fingerprint density at radius 3 is 2.42 bits per heavy atom. The van der Waals surface area contributed by atoms with Crippen molar-refractivity contribution in [2.24, 2.45) is 5.92 Å². The smallest absolute Gasteiger partial charge is 0.344 e. The molecule has 0 bridgehead atoms. The van der Waals surface area contributed by atoms with Gasteiger partial charge in [-0.1, -0.05) is 25.3 Å². The number of benzene rings is 2. The van der Waals surface area contributed by atoms with Gasteiger partial charge in [-0.15, -0.1) is 0 Å². The van der Waals surface area contributed by atoms with E-state index in [1.165, 1.54) is 6.42 Å². The van der Waals surface area contributed by atoms with E-state index in [1.807, 2.05) is 6.92 Å². The summed E-state index contributed by atoms with van der Waals surface area (Å²) in [5, 5.41) is 0.721. The van der Waals surface area contributed by atoms with Crippen molar-refractivity contribution in [3.8, 4) is 28.4 Å². The summed E-state index contributed by atoms with van der Waals surface area (Å²) < 4.78 is 21.9. The minimum absolute atomic E-state index is 0.0402. The average molecular weight is 422 g/mol. The van der Waals surface area contributed by atoms with Gasteiger partial charge in [0.25, 0.3) is 0 Å². The second-order valence-corrected chi connectivity index (χ2v) is 7.87. The predicted molar refractivity (Wildman–Crippen MR) is 118 cm³/mol. The molecule has 31 heavy (non-hydrogen) atoms. The standard InChI is InChI=1S/C25H26O6/c1-15-19-14-18(30-24(26)16-7-5-4-6-8-16)10-12-20(19)31-25(27)23(15)17-9-11-21(28-2)22(13-17)29-3/h9-14,16H,4-8H2,1-3H3. The van der Waals surface area contributed by atoms with Gasteiger partial charge >= 0.3 is 11.6 Å². The zero-order valence-corrected chi connectivity index (χ0v) is 18.0. The molecule has 1 aliphatic rings. The van der Waals surface area contributed by atoms with Crippen molar-refractivity contribution in [1.82, 2.24) is 0 Å². The molecular weight excluding hydrogens is 396 g/mol. The van der Waals surface area contributed by atoms with E-state index in [9.17, 15) is 9.59 Å². The number of carbonyl (C=O) groups is 1. The first-order valence-corrected chi connectivity index (χ1v) is 10.5. The Bertz CT molecular complexity index is 1170. The highest BCUT2D eigenvalue weighted by Crippen LogP contribution is 2.35. The number of fused-ring (bicyclic) bond motifs is 1. The molecule has 1 aromatic heterocycles. The number of carbonyl (C=O) groups excluding carboxylic acids is 1. The van der Waals surface area contributed by atoms with E-state index in [-0.39, 0.29) is 11.9 Å². The second-order valence-electron chi connectivity index (χ2n) is 7.87. The van der Waals surface area contributed by atoms with Crippen LogP contribution in [0.1, 0.15) is 37.7 Å². The summed E-state index contributed by atoms with van der Waals surface area (Å²) >= 11 is 0. The number of aryl methyl sites for hydroxylation is 1. The zero-order valence-electron chi connectivity index (χ0n) is 18.0. The number of ether oxygens (including phenoxy) is 3. The number of rotatable bonds is 5. The lowest BCUT2D eigenvalue weighted by Gasteiger charge is -2.19. The molecule has 0 radical (unpaired) electrons. The van der Waals surface area contributed by atoms with Gasteiger partial charge in [-0.3, -0.25) is 4.79 Å². The van der Waals surface area contributed by atoms with Gasteiger partial charge in [0.2, 0.25) is 0 Å². The highest BCUT2D eigenvalue weighted by Gasteiger charge is 2.23. The SMILES string of the molecule is COc1ccc(-c2c(C)c3cc(OC(=O)C4CCCCC4)ccc3oc2=O)cc1OC. The fourth-order valence-electron chi connectivity index (χ4n) is 4.26. The fraction of sp³-hybridized carbons (Fsp3) is 0.360. The number of methoxy groups -OCH3 is 2. The molecule has 0 amide bonds. The molecule has 6 nitrogen and oxygen atoms in total. The molecular formula is C25H26O6. The third-order valence-electron chi connectivity index (χ3n) is 5.97. The van der Waals surface area contributed by atoms with Crippen LogP contribution in [-0.4, -0.2) is 20.2 Å². The van der Waals surface area contributed by atoms with Crippen molar-refractivity contribution in [3.05, 3.63) is 52.4 Å². The van der Waals surface area contributed by atoms with Crippen molar-refractivity contribution in [1.29, 1.82) is 0 Å². The Hall–Kier alpha value is -3.28. The van der Waals surface area contributed by atoms with Crippen LogP contribution in [-0.2, 0) is 4.79 Å². The lowest BCUT2D eigenvalue weighted by Crippen LogP contribution is -2.22. The van der Waals surface area contributed by atoms with Crippen LogP contribution in [0.25, 0.3) is 22.1 Å². The van der Waals surface area contributed by atoms with Crippen molar-refractivity contribution in [3.63, 3.8) is 0 Å². The molecule has 0 atom stereocenters. The molecule has 1 aliphatic carbocycles. The van der Waals surface area contributed by atoms with E-state index < -0.39 is 5.63 Å². The Balaban J connectivity index is 1.73. The van der Waals surface area contributed by atoms with Crippen LogP contribution in [0.3, 0.4) is 0 Å². The summed E-state index contributed by atoms with van der Waals surface area (Å²) in [6.45, 7) is 1.86. The Kier molecular flexibility index (Phi) is 5.98. The summed E-state index contributed by atoms with van der Waals surface area (Å²) in [6.07, 6.45) is 5.07. The van der Waals surface area contributed by atoms with Crippen molar-refractivity contribution < 1.29 is 23.4 Å². The van der Waals surface area contributed by atoms with Crippen molar-refractivity contribution in [2.45, 2.75) is 39.0 Å². The molecule has 0 unspecified atom stereocenters. The zero-order chi connectivity index (χ0) is 22.0. The van der Waals surface area contributed by atoms with Crippen LogP contribution in [0.2, 0.25) is 0 Å². The van der Waals surface area contributed by atoms with Gasteiger partial charge in [0.05, 0.1) is 25.7 Å². The van der Waals surface area contributed by atoms with E-state index >= 15 is 0 Å². The number of hydrogen-bond donors (Lipinski definition) is 0. The van der Waals surface area contributed by atoms with E-state index in [0.717, 1.165) is 36.6 Å². The van der Waals surface area contributed by atoms with Crippen LogP contribution >= 0.6 is 0 Å². The third kappa shape index (κ3) is 4.15. The molecule has 1 fully saturated rings. The van der Waals surface area contributed by atoms with Crippen LogP contribution in [0.15, 0.2) is 45.6 Å². The Morgan fingerprint density at radius 2 is 1.71 bits per heavy atom. The summed E-state index contributed by atoms with van der Waals surface area (Å²) in [6, 6.07) is 10.4. The first-order valence-electron chi connectivity index (χ1n) is 10.5. The van der Waals surface area contributed by atoms with Crippen molar-refractivity contribution >= 4 is 16.9 Å². The van der Waals surface area contributed by atoms with Gasteiger partial charge in [0, 0.05) is 5.39 Å². The van der Waals surface area contributed by atoms with Crippen LogP contribution < -0.4 is 19.8 Å². The first-order chi connectivity index (χ1) is 15.0. The normalized spacial score (nSPS) is 14.4. The molecule has 2 aromatic carbocycles. The summed E-state index contributed by atoms with van der Waals surface area (Å²) in [5.41, 5.74) is 1.85. The van der Waals surface area contributed by atoms with Gasteiger partial charge in [0.15, 0.2) is 11.5 Å². The third-order valence-corrected chi connectivity index (χ3v) is 5.97. The monoisotopic (exact) mass is 422 g/mol. The van der Waals surface area contributed by atoms with Crippen LogP contribution in [0.5, 0.6) is 17.2 Å².